The first-order valence-corrected chi connectivity index (χ1v) is 9.45. The van der Waals surface area contributed by atoms with Crippen LogP contribution in [0.1, 0.15) is 30.4 Å². The highest BCUT2D eigenvalue weighted by Crippen LogP contribution is 2.34. The smallest absolute Gasteiger partial charge is 0.0502 e. The van der Waals surface area contributed by atoms with Crippen LogP contribution >= 0.6 is 11.8 Å². The van der Waals surface area contributed by atoms with Gasteiger partial charge in [0, 0.05) is 12.0 Å². The fourth-order valence-electron chi connectivity index (χ4n) is 3.48. The van der Waals surface area contributed by atoms with Gasteiger partial charge in [0.2, 0.25) is 0 Å². The number of thioether (sulfide) groups is 1. The molecule has 1 N–H and O–H groups in total. The molecule has 0 amide bonds. The maximum absolute atomic E-state index is 10.1. The lowest BCUT2D eigenvalue weighted by atomic mass is 9.75. The van der Waals surface area contributed by atoms with Gasteiger partial charge in [-0.15, -0.1) is 0 Å². The van der Waals surface area contributed by atoms with E-state index in [9.17, 15) is 5.11 Å². The lowest BCUT2D eigenvalue weighted by Crippen LogP contribution is -2.47. The first kappa shape index (κ1) is 16.9. The summed E-state index contributed by atoms with van der Waals surface area (Å²) in [6, 6.07) is 8.62. The van der Waals surface area contributed by atoms with Gasteiger partial charge in [0.05, 0.1) is 6.61 Å². The number of hydrogen-bond acceptors (Lipinski definition) is 3. The van der Waals surface area contributed by atoms with Gasteiger partial charge in [-0.05, 0) is 68.8 Å². The topological polar surface area (TPSA) is 23.5 Å². The SMILES string of the molecule is CSCCCN1CCCC(CO)(Cc2ccccc2C)C1. The number of rotatable bonds is 7. The molecule has 1 aromatic carbocycles. The molecule has 1 aromatic rings. The second-order valence-electron chi connectivity index (χ2n) is 6.49. The molecule has 0 aliphatic carbocycles. The van der Waals surface area contributed by atoms with Crippen LogP contribution in [0, 0.1) is 12.3 Å². The molecule has 2 nitrogen and oxygen atoms in total. The lowest BCUT2D eigenvalue weighted by molar-refractivity contribution is 0.0325. The Bertz CT molecular complexity index is 437. The molecule has 1 heterocycles. The normalized spacial score (nSPS) is 23.4. The highest BCUT2D eigenvalue weighted by atomic mass is 32.2. The molecular weight excluding hydrogens is 278 g/mol. The summed E-state index contributed by atoms with van der Waals surface area (Å²) in [5.74, 6) is 1.24. The Hall–Kier alpha value is -0.510. The molecule has 118 valence electrons. The number of benzene rings is 1. The molecule has 1 saturated heterocycles. The third-order valence-corrected chi connectivity index (χ3v) is 5.42. The van der Waals surface area contributed by atoms with Gasteiger partial charge in [-0.2, -0.15) is 11.8 Å². The molecule has 0 spiro atoms. The summed E-state index contributed by atoms with van der Waals surface area (Å²) >= 11 is 1.92. The van der Waals surface area contributed by atoms with Crippen molar-refractivity contribution in [3.8, 4) is 0 Å². The average Bonchev–Trinajstić information content (AvgIpc) is 2.50. The van der Waals surface area contributed by atoms with E-state index >= 15 is 0 Å². The van der Waals surface area contributed by atoms with E-state index in [0.29, 0.717) is 6.61 Å². The molecule has 21 heavy (non-hydrogen) atoms. The van der Waals surface area contributed by atoms with Crippen molar-refractivity contribution in [1.29, 1.82) is 0 Å². The van der Waals surface area contributed by atoms with Gasteiger partial charge in [-0.25, -0.2) is 0 Å². The Kier molecular flexibility index (Phi) is 6.59. The van der Waals surface area contributed by atoms with E-state index < -0.39 is 0 Å². The number of aryl methyl sites for hydroxylation is 1. The van der Waals surface area contributed by atoms with Crippen molar-refractivity contribution < 1.29 is 5.11 Å². The van der Waals surface area contributed by atoms with E-state index in [1.54, 1.807) is 0 Å². The van der Waals surface area contributed by atoms with Crippen LogP contribution < -0.4 is 0 Å². The molecule has 0 aromatic heterocycles. The zero-order valence-electron chi connectivity index (χ0n) is 13.5. The Labute approximate surface area is 133 Å². The molecule has 0 bridgehead atoms. The van der Waals surface area contributed by atoms with Gasteiger partial charge in [0.1, 0.15) is 0 Å². The minimum atomic E-state index is 0.0592. The lowest BCUT2D eigenvalue weighted by Gasteiger charge is -2.42. The predicted octanol–water partition coefficient (Wildman–Crippen LogP) is 3.37. The third-order valence-electron chi connectivity index (χ3n) is 4.73. The zero-order valence-corrected chi connectivity index (χ0v) is 14.3. The summed E-state index contributed by atoms with van der Waals surface area (Å²) in [7, 11) is 0. The molecule has 0 saturated carbocycles. The summed E-state index contributed by atoms with van der Waals surface area (Å²) < 4.78 is 0. The highest BCUT2D eigenvalue weighted by molar-refractivity contribution is 7.98. The molecule has 1 atom stereocenters. The molecular formula is C18H29NOS. The van der Waals surface area contributed by atoms with E-state index in [-0.39, 0.29) is 5.41 Å². The highest BCUT2D eigenvalue weighted by Gasteiger charge is 2.35. The Morgan fingerprint density at radius 3 is 2.86 bits per heavy atom. The number of likely N-dealkylation sites (tertiary alicyclic amines) is 1. The van der Waals surface area contributed by atoms with Gasteiger partial charge in [-0.1, -0.05) is 24.3 Å². The van der Waals surface area contributed by atoms with Crippen molar-refractivity contribution in [1.82, 2.24) is 4.90 Å². The van der Waals surface area contributed by atoms with Crippen LogP contribution in [0.3, 0.4) is 0 Å². The second-order valence-corrected chi connectivity index (χ2v) is 7.47. The van der Waals surface area contributed by atoms with Gasteiger partial charge >= 0.3 is 0 Å². The van der Waals surface area contributed by atoms with Crippen molar-refractivity contribution in [2.75, 3.05) is 38.2 Å². The summed E-state index contributed by atoms with van der Waals surface area (Å²) in [6.07, 6.45) is 6.80. The van der Waals surface area contributed by atoms with Crippen molar-refractivity contribution >= 4 is 11.8 Å². The van der Waals surface area contributed by atoms with Gasteiger partial charge in [0.15, 0.2) is 0 Å². The van der Waals surface area contributed by atoms with Crippen molar-refractivity contribution in [3.63, 3.8) is 0 Å². The molecule has 1 aliphatic rings. The van der Waals surface area contributed by atoms with Crippen LogP contribution in [-0.4, -0.2) is 48.3 Å². The van der Waals surface area contributed by atoms with E-state index in [1.165, 1.54) is 42.8 Å². The van der Waals surface area contributed by atoms with Crippen molar-refractivity contribution in [2.45, 2.75) is 32.6 Å². The Balaban J connectivity index is 2.01. The third kappa shape index (κ3) is 4.73. The summed E-state index contributed by atoms with van der Waals surface area (Å²) in [5.41, 5.74) is 2.81. The molecule has 1 unspecified atom stereocenters. The molecule has 3 heteroatoms. The van der Waals surface area contributed by atoms with Crippen LogP contribution in [0.4, 0.5) is 0 Å². The van der Waals surface area contributed by atoms with Crippen molar-refractivity contribution in [3.05, 3.63) is 35.4 Å². The number of aliphatic hydroxyl groups excluding tert-OH is 1. The standard InChI is InChI=1S/C18H29NOS/c1-16-7-3-4-8-17(16)13-18(15-20)9-5-10-19(14-18)11-6-12-21-2/h3-4,7-8,20H,5-6,9-15H2,1-2H3. The maximum Gasteiger partial charge on any atom is 0.0502 e. The Morgan fingerprint density at radius 1 is 1.33 bits per heavy atom. The van der Waals surface area contributed by atoms with Gasteiger partial charge in [-0.3, -0.25) is 0 Å². The predicted molar refractivity (Wildman–Crippen MR) is 93.1 cm³/mol. The number of piperidine rings is 1. The maximum atomic E-state index is 10.1. The minimum absolute atomic E-state index is 0.0592. The number of aliphatic hydroxyl groups is 1. The van der Waals surface area contributed by atoms with E-state index in [1.807, 2.05) is 11.8 Å². The Morgan fingerprint density at radius 2 is 2.14 bits per heavy atom. The summed E-state index contributed by atoms with van der Waals surface area (Å²) in [6.45, 7) is 5.91. The van der Waals surface area contributed by atoms with Crippen LogP contribution in [0.15, 0.2) is 24.3 Å². The molecule has 2 rings (SSSR count). The second kappa shape index (κ2) is 8.21. The molecule has 1 fully saturated rings. The number of nitrogens with zero attached hydrogens (tertiary/aromatic N) is 1. The van der Waals surface area contributed by atoms with E-state index in [0.717, 1.165) is 19.4 Å². The fourth-order valence-corrected chi connectivity index (χ4v) is 3.89. The average molecular weight is 308 g/mol. The molecule has 0 radical (unpaired) electrons. The molecule has 1 aliphatic heterocycles. The van der Waals surface area contributed by atoms with E-state index in [4.69, 9.17) is 0 Å². The summed E-state index contributed by atoms with van der Waals surface area (Å²) in [5, 5.41) is 10.1. The summed E-state index contributed by atoms with van der Waals surface area (Å²) in [4.78, 5) is 2.56. The largest absolute Gasteiger partial charge is 0.396 e. The first-order chi connectivity index (χ1) is 10.2. The van der Waals surface area contributed by atoms with E-state index in [2.05, 4.69) is 42.3 Å². The van der Waals surface area contributed by atoms with Gasteiger partial charge in [0.25, 0.3) is 0 Å². The number of hydrogen-bond donors (Lipinski definition) is 1. The van der Waals surface area contributed by atoms with Crippen molar-refractivity contribution in [2.24, 2.45) is 5.41 Å². The van der Waals surface area contributed by atoms with Crippen LogP contribution in [0.25, 0.3) is 0 Å². The minimum Gasteiger partial charge on any atom is -0.396 e. The van der Waals surface area contributed by atoms with Crippen LogP contribution in [-0.2, 0) is 6.42 Å². The quantitative estimate of drug-likeness (QED) is 0.781. The zero-order chi connectivity index (χ0) is 15.1. The first-order valence-electron chi connectivity index (χ1n) is 8.06. The van der Waals surface area contributed by atoms with Crippen LogP contribution in [0.5, 0.6) is 0 Å². The fraction of sp³-hybridized carbons (Fsp3) is 0.667. The van der Waals surface area contributed by atoms with Gasteiger partial charge < -0.3 is 10.0 Å². The monoisotopic (exact) mass is 307 g/mol. The van der Waals surface area contributed by atoms with Crippen LogP contribution in [0.2, 0.25) is 0 Å².